The summed E-state index contributed by atoms with van der Waals surface area (Å²) in [4.78, 5) is 39.3. The molecule has 2 rings (SSSR count). The fourth-order valence-corrected chi connectivity index (χ4v) is 2.70. The van der Waals surface area contributed by atoms with E-state index in [4.69, 9.17) is 16.3 Å². The number of halogens is 2. The van der Waals surface area contributed by atoms with Crippen LogP contribution in [0.2, 0.25) is 5.02 Å². The molecule has 0 aliphatic heterocycles. The average Bonchev–Trinajstić information content (AvgIpc) is 2.87. The van der Waals surface area contributed by atoms with Crippen molar-refractivity contribution in [1.29, 1.82) is 0 Å². The highest BCUT2D eigenvalue weighted by atomic mass is 35.5. The van der Waals surface area contributed by atoms with Crippen LogP contribution >= 0.6 is 11.6 Å². The molecule has 1 atom stereocenters. The number of esters is 2. The van der Waals surface area contributed by atoms with Crippen molar-refractivity contribution in [3.8, 4) is 0 Å². The summed E-state index contributed by atoms with van der Waals surface area (Å²) in [5.41, 5.74) is 0.890. The second kappa shape index (κ2) is 7.70. The zero-order valence-electron chi connectivity index (χ0n) is 14.6. The molecular formula is C18H17ClFNO5. The number of H-pyrrole nitrogens is 1. The number of ether oxygens (including phenoxy) is 2. The van der Waals surface area contributed by atoms with E-state index >= 15 is 0 Å². The number of methoxy groups -OCH3 is 1. The Morgan fingerprint density at radius 1 is 1.19 bits per heavy atom. The van der Waals surface area contributed by atoms with Crippen LogP contribution in [0.5, 0.6) is 0 Å². The first kappa shape index (κ1) is 19.7. The number of carbonyl (C=O) groups is 3. The molecule has 0 fully saturated rings. The van der Waals surface area contributed by atoms with E-state index in [1.165, 1.54) is 26.2 Å². The molecule has 1 aromatic carbocycles. The van der Waals surface area contributed by atoms with Crippen LogP contribution in [0.25, 0.3) is 0 Å². The fraction of sp³-hybridized carbons (Fsp3) is 0.278. The highest BCUT2D eigenvalue weighted by Crippen LogP contribution is 2.22. The maximum atomic E-state index is 13.8. The van der Waals surface area contributed by atoms with Gasteiger partial charge in [-0.05, 0) is 44.5 Å². The molecule has 1 aromatic heterocycles. The van der Waals surface area contributed by atoms with Gasteiger partial charge in [0.2, 0.25) is 5.78 Å². The molecule has 138 valence electrons. The predicted molar refractivity (Wildman–Crippen MR) is 92.2 cm³/mol. The summed E-state index contributed by atoms with van der Waals surface area (Å²) in [6.45, 7) is 4.56. The Morgan fingerprint density at radius 2 is 1.85 bits per heavy atom. The molecular weight excluding hydrogens is 365 g/mol. The van der Waals surface area contributed by atoms with E-state index < -0.39 is 29.6 Å². The number of carbonyl (C=O) groups excluding carboxylic acids is 3. The van der Waals surface area contributed by atoms with Crippen molar-refractivity contribution >= 4 is 29.3 Å². The van der Waals surface area contributed by atoms with Gasteiger partial charge in [0, 0.05) is 10.7 Å². The van der Waals surface area contributed by atoms with E-state index in [9.17, 15) is 18.8 Å². The number of ketones is 1. The second-order valence-corrected chi connectivity index (χ2v) is 6.09. The zero-order chi connectivity index (χ0) is 19.6. The minimum atomic E-state index is -1.19. The van der Waals surface area contributed by atoms with Crippen LogP contribution in [0.4, 0.5) is 4.39 Å². The molecule has 0 saturated heterocycles. The highest BCUT2D eigenvalue weighted by Gasteiger charge is 2.28. The van der Waals surface area contributed by atoms with Gasteiger partial charge in [-0.2, -0.15) is 0 Å². The van der Waals surface area contributed by atoms with E-state index in [-0.39, 0.29) is 21.8 Å². The molecule has 1 heterocycles. The molecule has 0 spiro atoms. The number of rotatable bonds is 5. The third-order valence-electron chi connectivity index (χ3n) is 3.88. The van der Waals surface area contributed by atoms with Crippen molar-refractivity contribution in [2.24, 2.45) is 0 Å². The van der Waals surface area contributed by atoms with Gasteiger partial charge in [-0.3, -0.25) is 4.79 Å². The summed E-state index contributed by atoms with van der Waals surface area (Å²) in [6, 6.07) is 3.50. The number of benzene rings is 1. The summed E-state index contributed by atoms with van der Waals surface area (Å²) >= 11 is 5.64. The van der Waals surface area contributed by atoms with Crippen molar-refractivity contribution in [2.75, 3.05) is 7.11 Å². The van der Waals surface area contributed by atoms with Gasteiger partial charge < -0.3 is 14.5 Å². The number of aryl methyl sites for hydroxylation is 1. The molecule has 0 aliphatic rings. The van der Waals surface area contributed by atoms with Crippen LogP contribution in [0.3, 0.4) is 0 Å². The summed E-state index contributed by atoms with van der Waals surface area (Å²) in [6.07, 6.45) is -1.19. The molecule has 0 aliphatic carbocycles. The molecule has 0 amide bonds. The molecule has 1 N–H and O–H groups in total. The SMILES string of the molecule is COC(=O)c1c(C)[nH]c(C(=O)[C@@H](C)OC(=O)c2ccc(Cl)cc2F)c1C. The molecule has 0 bridgehead atoms. The summed E-state index contributed by atoms with van der Waals surface area (Å²) < 4.78 is 23.5. The van der Waals surface area contributed by atoms with Gasteiger partial charge in [0.15, 0.2) is 6.10 Å². The number of nitrogens with one attached hydrogen (secondary N) is 1. The van der Waals surface area contributed by atoms with E-state index in [0.29, 0.717) is 11.3 Å². The lowest BCUT2D eigenvalue weighted by atomic mass is 10.1. The Labute approximate surface area is 154 Å². The van der Waals surface area contributed by atoms with Crippen molar-refractivity contribution in [1.82, 2.24) is 4.98 Å². The van der Waals surface area contributed by atoms with E-state index in [1.54, 1.807) is 13.8 Å². The molecule has 0 unspecified atom stereocenters. The number of Topliss-reactive ketones (excluding diaryl/α,β-unsaturated/α-hetero) is 1. The Kier molecular flexibility index (Phi) is 5.82. The van der Waals surface area contributed by atoms with Gasteiger partial charge in [0.1, 0.15) is 5.82 Å². The van der Waals surface area contributed by atoms with Crippen LogP contribution < -0.4 is 0 Å². The van der Waals surface area contributed by atoms with Crippen molar-refractivity contribution in [2.45, 2.75) is 26.9 Å². The third kappa shape index (κ3) is 3.77. The van der Waals surface area contributed by atoms with Crippen LogP contribution in [0.15, 0.2) is 18.2 Å². The summed E-state index contributed by atoms with van der Waals surface area (Å²) in [5, 5.41) is 0.135. The molecule has 0 saturated carbocycles. The van der Waals surface area contributed by atoms with Crippen LogP contribution in [0.1, 0.15) is 49.4 Å². The lowest BCUT2D eigenvalue weighted by molar-refractivity contribution is 0.0312. The number of aromatic nitrogens is 1. The zero-order valence-corrected chi connectivity index (χ0v) is 15.4. The topological polar surface area (TPSA) is 85.5 Å². The number of hydrogen-bond donors (Lipinski definition) is 1. The Balaban J connectivity index is 2.22. The largest absolute Gasteiger partial charge is 0.465 e. The normalized spacial score (nSPS) is 11.8. The summed E-state index contributed by atoms with van der Waals surface area (Å²) in [5.74, 6) is -2.97. The highest BCUT2D eigenvalue weighted by molar-refractivity contribution is 6.30. The third-order valence-corrected chi connectivity index (χ3v) is 4.11. The van der Waals surface area contributed by atoms with Gasteiger partial charge >= 0.3 is 11.9 Å². The molecule has 26 heavy (non-hydrogen) atoms. The fourth-order valence-electron chi connectivity index (χ4n) is 2.54. The van der Waals surface area contributed by atoms with E-state index in [0.717, 1.165) is 6.07 Å². The van der Waals surface area contributed by atoms with Gasteiger partial charge in [-0.1, -0.05) is 11.6 Å². The Morgan fingerprint density at radius 3 is 2.42 bits per heavy atom. The Bertz CT molecular complexity index is 890. The van der Waals surface area contributed by atoms with Crippen LogP contribution in [-0.2, 0) is 9.47 Å². The lowest BCUT2D eigenvalue weighted by Gasteiger charge is -2.12. The van der Waals surface area contributed by atoms with Gasteiger partial charge in [0.05, 0.1) is 23.9 Å². The maximum Gasteiger partial charge on any atom is 0.341 e. The Hall–Kier alpha value is -2.67. The summed E-state index contributed by atoms with van der Waals surface area (Å²) in [7, 11) is 1.24. The average molecular weight is 382 g/mol. The van der Waals surface area contributed by atoms with Crippen molar-refractivity contribution < 1.29 is 28.2 Å². The molecule has 2 aromatic rings. The minimum absolute atomic E-state index is 0.125. The monoisotopic (exact) mass is 381 g/mol. The standard InChI is InChI=1S/C18H17ClFNO5/c1-8-14(18(24)25-4)9(2)21-15(8)16(22)10(3)26-17(23)12-6-5-11(19)7-13(12)20/h5-7,10,21H,1-4H3/t10-/m1/s1. The van der Waals surface area contributed by atoms with Gasteiger partial charge in [-0.25, -0.2) is 14.0 Å². The minimum Gasteiger partial charge on any atom is -0.465 e. The second-order valence-electron chi connectivity index (χ2n) is 5.65. The quantitative estimate of drug-likeness (QED) is 0.631. The molecule has 6 nitrogen and oxygen atoms in total. The lowest BCUT2D eigenvalue weighted by Crippen LogP contribution is -2.25. The van der Waals surface area contributed by atoms with Crippen LogP contribution in [-0.4, -0.2) is 35.9 Å². The predicted octanol–water partition coefficient (Wildman–Crippen LogP) is 3.64. The van der Waals surface area contributed by atoms with E-state index in [2.05, 4.69) is 9.72 Å². The van der Waals surface area contributed by atoms with Gasteiger partial charge in [-0.15, -0.1) is 0 Å². The smallest absolute Gasteiger partial charge is 0.341 e. The first-order valence-electron chi connectivity index (χ1n) is 7.65. The maximum absolute atomic E-state index is 13.8. The first-order valence-corrected chi connectivity index (χ1v) is 8.02. The van der Waals surface area contributed by atoms with E-state index in [1.807, 2.05) is 0 Å². The molecule has 8 heteroatoms. The van der Waals surface area contributed by atoms with Crippen LogP contribution in [0, 0.1) is 19.7 Å². The van der Waals surface area contributed by atoms with Crippen molar-refractivity contribution in [3.05, 3.63) is 57.1 Å². The molecule has 0 radical (unpaired) electrons. The first-order chi connectivity index (χ1) is 12.2. The van der Waals surface area contributed by atoms with Gasteiger partial charge in [0.25, 0.3) is 0 Å². The van der Waals surface area contributed by atoms with Crippen molar-refractivity contribution in [3.63, 3.8) is 0 Å². The number of aromatic amines is 1. The number of hydrogen-bond acceptors (Lipinski definition) is 5.